The van der Waals surface area contributed by atoms with E-state index in [0.29, 0.717) is 23.8 Å². The summed E-state index contributed by atoms with van der Waals surface area (Å²) in [6.07, 6.45) is 4.39. The third kappa shape index (κ3) is 1.60. The van der Waals surface area contributed by atoms with Gasteiger partial charge in [-0.05, 0) is 48.1 Å². The van der Waals surface area contributed by atoms with E-state index in [-0.39, 0.29) is 5.41 Å². The summed E-state index contributed by atoms with van der Waals surface area (Å²) in [5.74, 6) is 1.35. The minimum absolute atomic E-state index is 0.250. The minimum atomic E-state index is 0.250. The molecular weight excluding hydrogens is 246 g/mol. The summed E-state index contributed by atoms with van der Waals surface area (Å²) in [7, 11) is 0. The van der Waals surface area contributed by atoms with E-state index in [2.05, 4.69) is 43.0 Å². The highest BCUT2D eigenvalue weighted by molar-refractivity contribution is 5.81. The molecule has 1 heterocycles. The fourth-order valence-corrected chi connectivity index (χ4v) is 4.43. The Morgan fingerprint density at radius 3 is 2.80 bits per heavy atom. The highest BCUT2D eigenvalue weighted by atomic mass is 16.2. The number of piperidine rings is 1. The normalized spacial score (nSPS) is 35.6. The molecule has 1 aliphatic heterocycles. The van der Waals surface area contributed by atoms with E-state index in [1.165, 1.54) is 11.1 Å². The molecule has 1 amide bonds. The number of amides is 1. The molecule has 2 fully saturated rings. The Kier molecular flexibility index (Phi) is 2.55. The van der Waals surface area contributed by atoms with Crippen LogP contribution in [0, 0.1) is 11.8 Å². The van der Waals surface area contributed by atoms with Gasteiger partial charge in [-0.1, -0.05) is 38.1 Å². The Hall–Kier alpha value is -1.31. The van der Waals surface area contributed by atoms with Crippen molar-refractivity contribution < 1.29 is 4.79 Å². The predicted octanol–water partition coefficient (Wildman–Crippen LogP) is 3.15. The van der Waals surface area contributed by atoms with Gasteiger partial charge in [-0.2, -0.15) is 0 Å². The second-order valence-electron chi connectivity index (χ2n) is 7.19. The van der Waals surface area contributed by atoms with Crippen LogP contribution in [0.1, 0.15) is 44.2 Å². The molecule has 0 spiro atoms. The number of nitrogens with zero attached hydrogens (tertiary/aromatic N) is 1. The van der Waals surface area contributed by atoms with Gasteiger partial charge in [0.1, 0.15) is 0 Å². The largest absolute Gasteiger partial charge is 0.339 e. The average Bonchev–Trinajstić information content (AvgIpc) is 3.27. The molecule has 1 aromatic rings. The molecule has 0 aromatic heterocycles. The summed E-state index contributed by atoms with van der Waals surface area (Å²) in [5, 5.41) is 0. The van der Waals surface area contributed by atoms with Gasteiger partial charge in [-0.15, -0.1) is 0 Å². The van der Waals surface area contributed by atoms with Gasteiger partial charge in [-0.3, -0.25) is 4.79 Å². The monoisotopic (exact) mass is 269 g/mol. The lowest BCUT2D eigenvalue weighted by molar-refractivity contribution is -0.140. The number of benzene rings is 1. The highest BCUT2D eigenvalue weighted by Gasteiger charge is 2.50. The van der Waals surface area contributed by atoms with Crippen molar-refractivity contribution in [2.45, 2.75) is 51.0 Å². The summed E-state index contributed by atoms with van der Waals surface area (Å²) >= 11 is 0. The smallest absolute Gasteiger partial charge is 0.225 e. The van der Waals surface area contributed by atoms with Gasteiger partial charge in [-0.25, -0.2) is 0 Å². The number of rotatable bonds is 1. The highest BCUT2D eigenvalue weighted by Crippen LogP contribution is 2.49. The maximum absolute atomic E-state index is 12.5. The van der Waals surface area contributed by atoms with Crippen molar-refractivity contribution in [3.8, 4) is 0 Å². The summed E-state index contributed by atoms with van der Waals surface area (Å²) in [4.78, 5) is 14.8. The molecule has 4 rings (SSSR count). The molecule has 106 valence electrons. The van der Waals surface area contributed by atoms with E-state index in [1.54, 1.807) is 0 Å². The maximum Gasteiger partial charge on any atom is 0.225 e. The minimum Gasteiger partial charge on any atom is -0.339 e. The Balaban J connectivity index is 1.74. The van der Waals surface area contributed by atoms with Gasteiger partial charge in [0.25, 0.3) is 0 Å². The molecule has 0 N–H and O–H groups in total. The summed E-state index contributed by atoms with van der Waals surface area (Å²) in [6, 6.07) is 9.29. The second-order valence-corrected chi connectivity index (χ2v) is 7.19. The van der Waals surface area contributed by atoms with Crippen LogP contribution in [0.5, 0.6) is 0 Å². The van der Waals surface area contributed by atoms with E-state index in [4.69, 9.17) is 0 Å². The SMILES string of the molecule is C[C@@H]1[C@H]2Cc3ccccc3[C@]1(C)CCN2C(=O)C1CC1. The first kappa shape index (κ1) is 12.4. The lowest BCUT2D eigenvalue weighted by Crippen LogP contribution is -2.59. The number of likely N-dealkylation sites (tertiary alicyclic amines) is 1. The number of hydrogen-bond acceptors (Lipinski definition) is 1. The number of carbonyl (C=O) groups excluding carboxylic acids is 1. The summed E-state index contributed by atoms with van der Waals surface area (Å²) in [6.45, 7) is 5.71. The van der Waals surface area contributed by atoms with Crippen molar-refractivity contribution in [2.75, 3.05) is 6.54 Å². The zero-order valence-corrected chi connectivity index (χ0v) is 12.4. The van der Waals surface area contributed by atoms with Gasteiger partial charge in [0, 0.05) is 18.5 Å². The van der Waals surface area contributed by atoms with E-state index in [0.717, 1.165) is 32.2 Å². The Morgan fingerprint density at radius 2 is 2.05 bits per heavy atom. The van der Waals surface area contributed by atoms with Crippen molar-refractivity contribution in [3.05, 3.63) is 35.4 Å². The first-order valence-corrected chi connectivity index (χ1v) is 8.00. The zero-order valence-electron chi connectivity index (χ0n) is 12.4. The predicted molar refractivity (Wildman–Crippen MR) is 79.5 cm³/mol. The molecule has 2 heteroatoms. The Morgan fingerprint density at radius 1 is 1.30 bits per heavy atom. The second kappa shape index (κ2) is 4.09. The third-order valence-electron chi connectivity index (χ3n) is 6.13. The maximum atomic E-state index is 12.5. The van der Waals surface area contributed by atoms with Gasteiger partial charge >= 0.3 is 0 Å². The molecule has 1 saturated heterocycles. The van der Waals surface area contributed by atoms with Gasteiger partial charge in [0.15, 0.2) is 0 Å². The van der Waals surface area contributed by atoms with Crippen LogP contribution >= 0.6 is 0 Å². The molecule has 0 unspecified atom stereocenters. The van der Waals surface area contributed by atoms with Crippen LogP contribution in [-0.2, 0) is 16.6 Å². The van der Waals surface area contributed by atoms with E-state index in [1.807, 2.05) is 0 Å². The lowest BCUT2D eigenvalue weighted by Gasteiger charge is -2.54. The van der Waals surface area contributed by atoms with Gasteiger partial charge in [0.2, 0.25) is 5.91 Å². The standard InChI is InChI=1S/C18H23NO/c1-12-16-11-14-5-3-4-6-15(14)18(12,2)9-10-19(16)17(20)13-7-8-13/h3-6,12-13,16H,7-11H2,1-2H3/t12-,16-,18-/m1/s1. The number of hydrogen-bond donors (Lipinski definition) is 0. The molecule has 2 aliphatic carbocycles. The number of carbonyl (C=O) groups is 1. The molecular formula is C18H23NO. The zero-order chi connectivity index (χ0) is 13.9. The summed E-state index contributed by atoms with van der Waals surface area (Å²) in [5.41, 5.74) is 3.24. The van der Waals surface area contributed by atoms with Crippen molar-refractivity contribution in [2.24, 2.45) is 11.8 Å². The Labute approximate surface area is 121 Å². The van der Waals surface area contributed by atoms with Crippen molar-refractivity contribution >= 4 is 5.91 Å². The van der Waals surface area contributed by atoms with Crippen LogP contribution in [0.2, 0.25) is 0 Å². The molecule has 2 bridgehead atoms. The van der Waals surface area contributed by atoms with E-state index < -0.39 is 0 Å². The van der Waals surface area contributed by atoms with Crippen LogP contribution < -0.4 is 0 Å². The van der Waals surface area contributed by atoms with Crippen LogP contribution in [0.3, 0.4) is 0 Å². The van der Waals surface area contributed by atoms with E-state index in [9.17, 15) is 4.79 Å². The topological polar surface area (TPSA) is 20.3 Å². The third-order valence-corrected chi connectivity index (χ3v) is 6.13. The molecule has 2 nitrogen and oxygen atoms in total. The van der Waals surface area contributed by atoms with Crippen molar-refractivity contribution in [1.29, 1.82) is 0 Å². The molecule has 3 aliphatic rings. The first-order chi connectivity index (χ1) is 9.61. The summed E-state index contributed by atoms with van der Waals surface area (Å²) < 4.78 is 0. The lowest BCUT2D eigenvalue weighted by atomic mass is 9.59. The fraction of sp³-hybridized carbons (Fsp3) is 0.611. The average molecular weight is 269 g/mol. The van der Waals surface area contributed by atoms with Crippen LogP contribution in [0.4, 0.5) is 0 Å². The molecule has 0 radical (unpaired) electrons. The van der Waals surface area contributed by atoms with Gasteiger partial charge < -0.3 is 4.90 Å². The van der Waals surface area contributed by atoms with Crippen LogP contribution in [0.25, 0.3) is 0 Å². The molecule has 1 saturated carbocycles. The quantitative estimate of drug-likeness (QED) is 0.767. The first-order valence-electron chi connectivity index (χ1n) is 8.00. The molecule has 3 atom stereocenters. The van der Waals surface area contributed by atoms with Crippen LogP contribution in [-0.4, -0.2) is 23.4 Å². The van der Waals surface area contributed by atoms with E-state index >= 15 is 0 Å². The number of fused-ring (bicyclic) bond motifs is 4. The van der Waals surface area contributed by atoms with Crippen LogP contribution in [0.15, 0.2) is 24.3 Å². The van der Waals surface area contributed by atoms with Crippen molar-refractivity contribution in [1.82, 2.24) is 4.90 Å². The van der Waals surface area contributed by atoms with Gasteiger partial charge in [0.05, 0.1) is 0 Å². The molecule has 20 heavy (non-hydrogen) atoms. The molecule has 1 aromatic carbocycles. The Bertz CT molecular complexity index is 562. The fourth-order valence-electron chi connectivity index (χ4n) is 4.43. The van der Waals surface area contributed by atoms with Crippen molar-refractivity contribution in [3.63, 3.8) is 0 Å².